The number of carbonyl (C=O) groups is 2. The van der Waals surface area contributed by atoms with Crippen molar-refractivity contribution in [2.45, 2.75) is 45.6 Å². The van der Waals surface area contributed by atoms with E-state index in [4.69, 9.17) is 4.74 Å². The van der Waals surface area contributed by atoms with Gasteiger partial charge in [0, 0.05) is 36.8 Å². The van der Waals surface area contributed by atoms with Crippen molar-refractivity contribution in [3.63, 3.8) is 0 Å². The predicted octanol–water partition coefficient (Wildman–Crippen LogP) is 2.49. The zero-order valence-electron chi connectivity index (χ0n) is 19.0. The summed E-state index contributed by atoms with van der Waals surface area (Å²) in [5.74, 6) is -0.533. The maximum absolute atomic E-state index is 13.2. The minimum absolute atomic E-state index is 0.00676. The molecule has 10 heteroatoms. The van der Waals surface area contributed by atoms with Crippen molar-refractivity contribution in [2.75, 3.05) is 13.1 Å². The van der Waals surface area contributed by atoms with E-state index in [1.54, 1.807) is 29.6 Å². The quantitative estimate of drug-likeness (QED) is 0.601. The average Bonchev–Trinajstić information content (AvgIpc) is 3.48. The van der Waals surface area contributed by atoms with Crippen LogP contribution in [0.25, 0.3) is 0 Å². The summed E-state index contributed by atoms with van der Waals surface area (Å²) in [6.07, 6.45) is 4.39. The van der Waals surface area contributed by atoms with E-state index in [1.807, 2.05) is 11.5 Å². The maximum Gasteiger partial charge on any atom is 0.274 e. The number of aromatic amines is 1. The zero-order valence-corrected chi connectivity index (χ0v) is 19.0. The van der Waals surface area contributed by atoms with E-state index in [1.165, 1.54) is 12.1 Å². The van der Waals surface area contributed by atoms with Gasteiger partial charge in [-0.25, -0.2) is 9.37 Å². The number of piperidine rings is 1. The Hall–Kier alpha value is -3.53. The molecule has 1 aromatic carbocycles. The molecular weight excluding hydrogens is 439 g/mol. The van der Waals surface area contributed by atoms with Crippen LogP contribution >= 0.6 is 0 Å². The number of carbonyl (C=O) groups excluding carboxylic acids is 2. The van der Waals surface area contributed by atoms with Crippen LogP contribution in [0, 0.1) is 18.7 Å². The SMILES string of the molecule is Cc1[nH]ncc1CNC(=O)C1CCN(C(=O)c2ncn3c2COC(c2ccc(F)cc2)C3)CC1. The lowest BCUT2D eigenvalue weighted by Crippen LogP contribution is -2.43. The minimum Gasteiger partial charge on any atom is -0.365 e. The molecule has 5 rings (SSSR count). The molecule has 0 radical (unpaired) electrons. The van der Waals surface area contributed by atoms with E-state index in [9.17, 15) is 14.0 Å². The average molecular weight is 467 g/mol. The number of rotatable bonds is 5. The van der Waals surface area contributed by atoms with Gasteiger partial charge in [0.2, 0.25) is 5.91 Å². The fourth-order valence-corrected chi connectivity index (χ4v) is 4.56. The van der Waals surface area contributed by atoms with Crippen LogP contribution in [0.1, 0.15) is 51.9 Å². The highest BCUT2D eigenvalue weighted by Gasteiger charge is 2.32. The predicted molar refractivity (Wildman–Crippen MR) is 120 cm³/mol. The van der Waals surface area contributed by atoms with Crippen molar-refractivity contribution >= 4 is 11.8 Å². The first-order chi connectivity index (χ1) is 16.5. The number of hydrogen-bond acceptors (Lipinski definition) is 5. The lowest BCUT2D eigenvalue weighted by molar-refractivity contribution is -0.126. The van der Waals surface area contributed by atoms with E-state index < -0.39 is 0 Å². The smallest absolute Gasteiger partial charge is 0.274 e. The lowest BCUT2D eigenvalue weighted by atomic mass is 9.95. The number of likely N-dealkylation sites (tertiary alicyclic amines) is 1. The molecule has 9 nitrogen and oxygen atoms in total. The summed E-state index contributed by atoms with van der Waals surface area (Å²) < 4.78 is 21.1. The summed E-state index contributed by atoms with van der Waals surface area (Å²) in [5, 5.41) is 9.80. The van der Waals surface area contributed by atoms with Crippen LogP contribution in [0.4, 0.5) is 4.39 Å². The van der Waals surface area contributed by atoms with Gasteiger partial charge in [0.15, 0.2) is 5.69 Å². The molecule has 0 aliphatic carbocycles. The number of nitrogens with one attached hydrogen (secondary N) is 2. The Bertz CT molecular complexity index is 1180. The molecule has 2 aromatic heterocycles. The Morgan fingerprint density at radius 2 is 2.00 bits per heavy atom. The van der Waals surface area contributed by atoms with E-state index in [0.29, 0.717) is 44.7 Å². The summed E-state index contributed by atoms with van der Waals surface area (Å²) in [4.78, 5) is 31.9. The summed E-state index contributed by atoms with van der Waals surface area (Å²) in [6, 6.07) is 6.26. The molecule has 2 aliphatic heterocycles. The number of benzene rings is 1. The molecule has 0 spiro atoms. The molecular formula is C24H27FN6O3. The third-order valence-electron chi connectivity index (χ3n) is 6.71. The van der Waals surface area contributed by atoms with Gasteiger partial charge in [-0.05, 0) is 37.5 Å². The first kappa shape index (κ1) is 22.3. The Balaban J connectivity index is 1.16. The molecule has 3 aromatic rings. The number of ether oxygens (including phenoxy) is 1. The van der Waals surface area contributed by atoms with Gasteiger partial charge >= 0.3 is 0 Å². The second-order valence-electron chi connectivity index (χ2n) is 8.85. The van der Waals surface area contributed by atoms with Crippen LogP contribution in [0.5, 0.6) is 0 Å². The highest BCUT2D eigenvalue weighted by molar-refractivity contribution is 5.93. The van der Waals surface area contributed by atoms with Gasteiger partial charge in [-0.3, -0.25) is 14.7 Å². The molecule has 2 aliphatic rings. The van der Waals surface area contributed by atoms with Gasteiger partial charge in [0.1, 0.15) is 11.9 Å². The monoisotopic (exact) mass is 466 g/mol. The number of H-pyrrole nitrogens is 1. The van der Waals surface area contributed by atoms with E-state index >= 15 is 0 Å². The second-order valence-corrected chi connectivity index (χ2v) is 8.85. The molecule has 1 saturated heterocycles. The maximum atomic E-state index is 13.2. The second kappa shape index (κ2) is 9.38. The van der Waals surface area contributed by atoms with Crippen LogP contribution < -0.4 is 5.32 Å². The highest BCUT2D eigenvalue weighted by Crippen LogP contribution is 2.29. The minimum atomic E-state index is -0.287. The Kier molecular flexibility index (Phi) is 6.14. The van der Waals surface area contributed by atoms with Crippen molar-refractivity contribution in [3.05, 3.63) is 70.8 Å². The van der Waals surface area contributed by atoms with Crippen LogP contribution in [-0.2, 0) is 29.2 Å². The Morgan fingerprint density at radius 1 is 1.24 bits per heavy atom. The van der Waals surface area contributed by atoms with E-state index in [0.717, 1.165) is 22.5 Å². The van der Waals surface area contributed by atoms with Crippen LogP contribution in [0.15, 0.2) is 36.8 Å². The molecule has 2 N–H and O–H groups in total. The van der Waals surface area contributed by atoms with Gasteiger partial charge in [-0.2, -0.15) is 5.10 Å². The lowest BCUT2D eigenvalue weighted by Gasteiger charge is -2.31. The first-order valence-corrected chi connectivity index (χ1v) is 11.5. The normalized spacial score (nSPS) is 18.5. The van der Waals surface area contributed by atoms with Crippen molar-refractivity contribution in [1.29, 1.82) is 0 Å². The number of nitrogens with zero attached hydrogens (tertiary/aromatic N) is 4. The number of fused-ring (bicyclic) bond motifs is 1. The molecule has 4 heterocycles. The first-order valence-electron chi connectivity index (χ1n) is 11.5. The van der Waals surface area contributed by atoms with Gasteiger partial charge in [-0.15, -0.1) is 0 Å². The fraction of sp³-hybridized carbons (Fsp3) is 0.417. The van der Waals surface area contributed by atoms with Gasteiger partial charge in [-0.1, -0.05) is 12.1 Å². The number of imidazole rings is 1. The largest absolute Gasteiger partial charge is 0.365 e. The molecule has 0 saturated carbocycles. The van der Waals surface area contributed by atoms with Crippen molar-refractivity contribution in [1.82, 2.24) is 30.0 Å². The van der Waals surface area contributed by atoms with Crippen molar-refractivity contribution in [3.8, 4) is 0 Å². The molecule has 34 heavy (non-hydrogen) atoms. The van der Waals surface area contributed by atoms with E-state index in [2.05, 4.69) is 20.5 Å². The summed E-state index contributed by atoms with van der Waals surface area (Å²) in [7, 11) is 0. The number of aryl methyl sites for hydroxylation is 1. The van der Waals surface area contributed by atoms with Gasteiger partial charge in [0.25, 0.3) is 5.91 Å². The summed E-state index contributed by atoms with van der Waals surface area (Å²) >= 11 is 0. The Morgan fingerprint density at radius 3 is 2.71 bits per heavy atom. The number of hydrogen-bond donors (Lipinski definition) is 2. The van der Waals surface area contributed by atoms with Gasteiger partial charge < -0.3 is 19.5 Å². The number of halogens is 1. The third-order valence-corrected chi connectivity index (χ3v) is 6.71. The molecule has 1 fully saturated rings. The molecule has 2 amide bonds. The van der Waals surface area contributed by atoms with Crippen LogP contribution in [0.2, 0.25) is 0 Å². The molecule has 178 valence electrons. The Labute approximate surface area is 196 Å². The van der Waals surface area contributed by atoms with Gasteiger partial charge in [0.05, 0.1) is 31.4 Å². The van der Waals surface area contributed by atoms with Crippen molar-refractivity contribution < 1.29 is 18.7 Å². The number of aromatic nitrogens is 4. The summed E-state index contributed by atoms with van der Waals surface area (Å²) in [5.41, 5.74) is 3.94. The third kappa shape index (κ3) is 4.45. The molecule has 1 atom stereocenters. The topological polar surface area (TPSA) is 105 Å². The highest BCUT2D eigenvalue weighted by atomic mass is 19.1. The zero-order chi connectivity index (χ0) is 23.7. The molecule has 1 unspecified atom stereocenters. The fourth-order valence-electron chi connectivity index (χ4n) is 4.56. The molecule has 0 bridgehead atoms. The standard InChI is InChI=1S/C24H27FN6O3/c1-15-18(11-28-29-15)10-26-23(32)17-6-8-30(9-7-17)24(33)22-20-13-34-21(12-31(20)14-27-22)16-2-4-19(25)5-3-16/h2-5,11,14,17,21H,6-10,12-13H2,1H3,(H,26,32)(H,28,29). The van der Waals surface area contributed by atoms with Crippen LogP contribution in [-0.4, -0.2) is 49.6 Å². The number of amides is 2. The van der Waals surface area contributed by atoms with Crippen LogP contribution in [0.3, 0.4) is 0 Å². The summed E-state index contributed by atoms with van der Waals surface area (Å²) in [6.45, 7) is 4.15. The van der Waals surface area contributed by atoms with E-state index in [-0.39, 0.29) is 36.3 Å². The van der Waals surface area contributed by atoms with Crippen molar-refractivity contribution in [2.24, 2.45) is 5.92 Å².